The number of carbonyl (C=O) groups is 2. The van der Waals surface area contributed by atoms with E-state index in [0.717, 1.165) is 0 Å². The molecule has 0 aliphatic carbocycles. The van der Waals surface area contributed by atoms with Crippen molar-refractivity contribution in [2.75, 3.05) is 0 Å². The van der Waals surface area contributed by atoms with Crippen LogP contribution in [0.25, 0.3) is 0 Å². The SMILES string of the molecule is O=C1CC(c2ncccn2)C(=O)O1. The number of carbonyl (C=O) groups excluding carboxylic acids is 2. The number of rotatable bonds is 1. The first-order valence-corrected chi connectivity index (χ1v) is 3.79. The highest BCUT2D eigenvalue weighted by Gasteiger charge is 2.36. The van der Waals surface area contributed by atoms with Gasteiger partial charge in [-0.2, -0.15) is 0 Å². The summed E-state index contributed by atoms with van der Waals surface area (Å²) in [5.74, 6) is -1.34. The molecule has 1 aliphatic rings. The minimum atomic E-state index is -0.617. The number of nitrogens with zero attached hydrogens (tertiary/aromatic N) is 2. The molecule has 0 radical (unpaired) electrons. The molecule has 1 fully saturated rings. The van der Waals surface area contributed by atoms with Crippen LogP contribution < -0.4 is 0 Å². The zero-order valence-corrected chi connectivity index (χ0v) is 6.64. The van der Waals surface area contributed by atoms with Crippen molar-refractivity contribution in [1.82, 2.24) is 9.97 Å². The van der Waals surface area contributed by atoms with E-state index in [1.165, 1.54) is 12.4 Å². The van der Waals surface area contributed by atoms with Crippen LogP contribution in [0.5, 0.6) is 0 Å². The van der Waals surface area contributed by atoms with Crippen LogP contribution in [0.4, 0.5) is 0 Å². The average molecular weight is 178 g/mol. The van der Waals surface area contributed by atoms with Crippen LogP contribution >= 0.6 is 0 Å². The number of ether oxygens (including phenoxy) is 1. The molecule has 0 aromatic carbocycles. The van der Waals surface area contributed by atoms with Gasteiger partial charge < -0.3 is 4.74 Å². The van der Waals surface area contributed by atoms with Crippen LogP contribution in [0, 0.1) is 0 Å². The maximum absolute atomic E-state index is 11.1. The maximum Gasteiger partial charge on any atom is 0.324 e. The Hall–Kier alpha value is -1.78. The van der Waals surface area contributed by atoms with Gasteiger partial charge in [0.15, 0.2) is 0 Å². The summed E-state index contributed by atoms with van der Waals surface area (Å²) >= 11 is 0. The fourth-order valence-electron chi connectivity index (χ4n) is 1.16. The van der Waals surface area contributed by atoms with E-state index in [0.29, 0.717) is 5.82 Å². The second-order valence-electron chi connectivity index (χ2n) is 2.66. The first-order valence-electron chi connectivity index (χ1n) is 3.79. The number of hydrogen-bond acceptors (Lipinski definition) is 5. The lowest BCUT2D eigenvalue weighted by Gasteiger charge is -1.99. The zero-order chi connectivity index (χ0) is 9.26. The second kappa shape index (κ2) is 2.93. The molecule has 0 saturated carbocycles. The number of hydrogen-bond donors (Lipinski definition) is 0. The van der Waals surface area contributed by atoms with Crippen molar-refractivity contribution in [3.05, 3.63) is 24.3 Å². The largest absolute Gasteiger partial charge is 0.393 e. The third-order valence-corrected chi connectivity index (χ3v) is 1.77. The minimum absolute atomic E-state index is 0.0445. The molecular formula is C8H6N2O3. The topological polar surface area (TPSA) is 69.2 Å². The fraction of sp³-hybridized carbons (Fsp3) is 0.250. The quantitative estimate of drug-likeness (QED) is 0.448. The summed E-state index contributed by atoms with van der Waals surface area (Å²) in [6.45, 7) is 0. The summed E-state index contributed by atoms with van der Waals surface area (Å²) in [6.07, 6.45) is 3.10. The van der Waals surface area contributed by atoms with E-state index < -0.39 is 17.9 Å². The zero-order valence-electron chi connectivity index (χ0n) is 6.64. The molecule has 1 unspecified atom stereocenters. The Kier molecular flexibility index (Phi) is 1.77. The highest BCUT2D eigenvalue weighted by molar-refractivity contribution is 5.97. The van der Waals surface area contributed by atoms with Crippen LogP contribution in [0.1, 0.15) is 18.2 Å². The molecule has 2 heterocycles. The van der Waals surface area contributed by atoms with Gasteiger partial charge in [-0.1, -0.05) is 0 Å². The molecule has 5 heteroatoms. The molecule has 0 N–H and O–H groups in total. The lowest BCUT2D eigenvalue weighted by molar-refractivity contribution is -0.152. The third kappa shape index (κ3) is 1.40. The molecule has 1 aliphatic heterocycles. The summed E-state index contributed by atoms with van der Waals surface area (Å²) in [4.78, 5) is 29.6. The summed E-state index contributed by atoms with van der Waals surface area (Å²) in [7, 11) is 0. The molecule has 1 aromatic rings. The summed E-state index contributed by atoms with van der Waals surface area (Å²) in [5.41, 5.74) is 0. The van der Waals surface area contributed by atoms with Crippen LogP contribution in [-0.2, 0) is 14.3 Å². The van der Waals surface area contributed by atoms with Gasteiger partial charge in [0.25, 0.3) is 0 Å². The molecular weight excluding hydrogens is 172 g/mol. The van der Waals surface area contributed by atoms with Crippen molar-refractivity contribution in [1.29, 1.82) is 0 Å². The molecule has 0 spiro atoms. The fourth-order valence-corrected chi connectivity index (χ4v) is 1.16. The van der Waals surface area contributed by atoms with Crippen molar-refractivity contribution in [2.45, 2.75) is 12.3 Å². The lowest BCUT2D eigenvalue weighted by atomic mass is 10.1. The van der Waals surface area contributed by atoms with Gasteiger partial charge in [-0.05, 0) is 6.07 Å². The van der Waals surface area contributed by atoms with E-state index in [9.17, 15) is 9.59 Å². The molecule has 1 saturated heterocycles. The highest BCUT2D eigenvalue weighted by Crippen LogP contribution is 2.23. The molecule has 66 valence electrons. The van der Waals surface area contributed by atoms with E-state index in [4.69, 9.17) is 0 Å². The van der Waals surface area contributed by atoms with Crippen molar-refractivity contribution < 1.29 is 14.3 Å². The van der Waals surface area contributed by atoms with Crippen molar-refractivity contribution in [3.63, 3.8) is 0 Å². The molecule has 13 heavy (non-hydrogen) atoms. The van der Waals surface area contributed by atoms with Crippen molar-refractivity contribution >= 4 is 11.9 Å². The lowest BCUT2D eigenvalue weighted by Crippen LogP contribution is -2.08. The Balaban J connectivity index is 2.28. The van der Waals surface area contributed by atoms with Gasteiger partial charge in [0.1, 0.15) is 11.7 Å². The van der Waals surface area contributed by atoms with E-state index in [-0.39, 0.29) is 6.42 Å². The maximum atomic E-state index is 11.1. The standard InChI is InChI=1S/C8H6N2O3/c11-6-4-5(8(12)13-6)7-9-2-1-3-10-7/h1-3,5H,4H2. The van der Waals surface area contributed by atoms with E-state index in [1.54, 1.807) is 6.07 Å². The Bertz CT molecular complexity index is 350. The molecule has 0 amide bonds. The molecule has 2 rings (SSSR count). The normalized spacial score (nSPS) is 21.7. The van der Waals surface area contributed by atoms with Gasteiger partial charge in [0.2, 0.25) is 0 Å². The van der Waals surface area contributed by atoms with Crippen LogP contribution in [-0.4, -0.2) is 21.9 Å². The highest BCUT2D eigenvalue weighted by atomic mass is 16.6. The minimum Gasteiger partial charge on any atom is -0.393 e. The van der Waals surface area contributed by atoms with E-state index >= 15 is 0 Å². The predicted octanol–water partition coefficient (Wildman–Crippen LogP) is 0.0337. The first kappa shape index (κ1) is 7.85. The van der Waals surface area contributed by atoms with Crippen LogP contribution in [0.15, 0.2) is 18.5 Å². The molecule has 0 bridgehead atoms. The summed E-state index contributed by atoms with van der Waals surface area (Å²) in [5, 5.41) is 0. The Labute approximate surface area is 73.8 Å². The van der Waals surface area contributed by atoms with Gasteiger partial charge in [-0.15, -0.1) is 0 Å². The summed E-state index contributed by atoms with van der Waals surface area (Å²) < 4.78 is 4.37. The predicted molar refractivity (Wildman–Crippen MR) is 40.5 cm³/mol. The van der Waals surface area contributed by atoms with Gasteiger partial charge in [-0.25, -0.2) is 9.97 Å². The van der Waals surface area contributed by atoms with Gasteiger partial charge >= 0.3 is 11.9 Å². The Morgan fingerprint density at radius 2 is 2.00 bits per heavy atom. The third-order valence-electron chi connectivity index (χ3n) is 1.77. The second-order valence-corrected chi connectivity index (χ2v) is 2.66. The average Bonchev–Trinajstić information content (AvgIpc) is 2.47. The first-order chi connectivity index (χ1) is 6.27. The van der Waals surface area contributed by atoms with Gasteiger partial charge in [0, 0.05) is 12.4 Å². The number of esters is 2. The van der Waals surface area contributed by atoms with Crippen LogP contribution in [0.3, 0.4) is 0 Å². The Morgan fingerprint density at radius 1 is 1.31 bits per heavy atom. The number of cyclic esters (lactones) is 2. The smallest absolute Gasteiger partial charge is 0.324 e. The van der Waals surface area contributed by atoms with Crippen LogP contribution in [0.2, 0.25) is 0 Å². The van der Waals surface area contributed by atoms with E-state index in [1.807, 2.05) is 0 Å². The van der Waals surface area contributed by atoms with Gasteiger partial charge in [-0.3, -0.25) is 9.59 Å². The molecule has 1 aromatic heterocycles. The van der Waals surface area contributed by atoms with Crippen molar-refractivity contribution in [3.8, 4) is 0 Å². The molecule has 5 nitrogen and oxygen atoms in total. The monoisotopic (exact) mass is 178 g/mol. The number of aromatic nitrogens is 2. The summed E-state index contributed by atoms with van der Waals surface area (Å²) in [6, 6.07) is 1.64. The van der Waals surface area contributed by atoms with E-state index in [2.05, 4.69) is 14.7 Å². The van der Waals surface area contributed by atoms with Gasteiger partial charge in [0.05, 0.1) is 6.42 Å². The molecule has 1 atom stereocenters. The Morgan fingerprint density at radius 3 is 2.54 bits per heavy atom. The van der Waals surface area contributed by atoms with Crippen molar-refractivity contribution in [2.24, 2.45) is 0 Å².